The van der Waals surface area contributed by atoms with E-state index in [9.17, 15) is 18.0 Å². The first-order valence-corrected chi connectivity index (χ1v) is 12.0. The minimum Gasteiger partial charge on any atom is -0.357 e. The fourth-order valence-corrected chi connectivity index (χ4v) is 4.42. The van der Waals surface area contributed by atoms with Crippen LogP contribution in [0.1, 0.15) is 18.1 Å². The highest BCUT2D eigenvalue weighted by Gasteiger charge is 2.30. The maximum Gasteiger partial charge on any atom is 0.244 e. The number of nitrogens with one attached hydrogen (secondary N) is 1. The van der Waals surface area contributed by atoms with E-state index in [2.05, 4.69) is 5.32 Å². The molecule has 2 amide bonds. The third-order valence-corrected chi connectivity index (χ3v) is 6.55. The Hall–Kier alpha value is -2.29. The molecule has 0 spiro atoms. The van der Waals surface area contributed by atoms with Crippen LogP contribution in [0.15, 0.2) is 42.5 Å². The summed E-state index contributed by atoms with van der Waals surface area (Å²) in [6, 6.07) is 10.8. The van der Waals surface area contributed by atoms with Crippen LogP contribution in [0.25, 0.3) is 0 Å². The first kappa shape index (κ1) is 25.0. The van der Waals surface area contributed by atoms with Gasteiger partial charge in [-0.25, -0.2) is 8.42 Å². The summed E-state index contributed by atoms with van der Waals surface area (Å²) in [4.78, 5) is 26.9. The van der Waals surface area contributed by atoms with Gasteiger partial charge in [0, 0.05) is 23.6 Å². The van der Waals surface area contributed by atoms with E-state index in [4.69, 9.17) is 23.2 Å². The quantitative estimate of drug-likeness (QED) is 0.621. The van der Waals surface area contributed by atoms with Crippen LogP contribution in [0.2, 0.25) is 10.0 Å². The van der Waals surface area contributed by atoms with Crippen LogP contribution in [-0.2, 0) is 26.2 Å². The molecular weight excluding hydrogens is 461 g/mol. The van der Waals surface area contributed by atoms with Gasteiger partial charge in [0.2, 0.25) is 21.8 Å². The molecule has 0 heterocycles. The zero-order chi connectivity index (χ0) is 23.3. The first-order chi connectivity index (χ1) is 14.5. The Balaban J connectivity index is 2.43. The Morgan fingerprint density at radius 3 is 2.32 bits per heavy atom. The van der Waals surface area contributed by atoms with Crippen LogP contribution in [0.5, 0.6) is 0 Å². The fraction of sp³-hybridized carbons (Fsp3) is 0.333. The molecule has 1 N–H and O–H groups in total. The molecule has 0 unspecified atom stereocenters. The summed E-state index contributed by atoms with van der Waals surface area (Å²) in [7, 11) is -2.33. The standard InChI is InChI=1S/C21H25Cl2N3O4S/c1-14-11-17(22)9-10-19(14)26(31(4,29)30)13-20(27)25(15(2)21(28)24-3)12-16-7-5-6-8-18(16)23/h5-11,15H,12-13H2,1-4H3,(H,24,28)/t15-/m1/s1. The molecule has 0 bridgehead atoms. The molecule has 0 fully saturated rings. The van der Waals surface area contributed by atoms with Gasteiger partial charge in [0.25, 0.3) is 0 Å². The molecule has 0 aromatic heterocycles. The van der Waals surface area contributed by atoms with Crippen LogP contribution < -0.4 is 9.62 Å². The van der Waals surface area contributed by atoms with E-state index in [1.807, 2.05) is 0 Å². The average molecular weight is 486 g/mol. The van der Waals surface area contributed by atoms with E-state index in [-0.39, 0.29) is 12.5 Å². The topological polar surface area (TPSA) is 86.8 Å². The maximum absolute atomic E-state index is 13.3. The SMILES string of the molecule is CNC(=O)[C@@H](C)N(Cc1ccccc1Cl)C(=O)CN(c1ccc(Cl)cc1C)S(C)(=O)=O. The maximum atomic E-state index is 13.3. The van der Waals surface area contributed by atoms with Crippen molar-refractivity contribution in [1.82, 2.24) is 10.2 Å². The summed E-state index contributed by atoms with van der Waals surface area (Å²) in [6.07, 6.45) is 1.02. The number of rotatable bonds is 8. The Kier molecular flexibility index (Phi) is 8.34. The molecule has 31 heavy (non-hydrogen) atoms. The number of amides is 2. The fourth-order valence-electron chi connectivity index (χ4n) is 3.10. The Labute approximate surface area is 193 Å². The summed E-state index contributed by atoms with van der Waals surface area (Å²) in [5.41, 5.74) is 1.58. The van der Waals surface area contributed by atoms with Crippen LogP contribution in [0.4, 0.5) is 5.69 Å². The smallest absolute Gasteiger partial charge is 0.244 e. The van der Waals surface area contributed by atoms with Crippen molar-refractivity contribution in [2.24, 2.45) is 0 Å². The van der Waals surface area contributed by atoms with Crippen LogP contribution >= 0.6 is 23.2 Å². The van der Waals surface area contributed by atoms with Crippen molar-refractivity contribution in [3.63, 3.8) is 0 Å². The Bertz CT molecular complexity index is 1080. The van der Waals surface area contributed by atoms with Gasteiger partial charge in [-0.3, -0.25) is 13.9 Å². The van der Waals surface area contributed by atoms with Crippen molar-refractivity contribution in [2.45, 2.75) is 26.4 Å². The monoisotopic (exact) mass is 485 g/mol. The van der Waals surface area contributed by atoms with Crippen molar-refractivity contribution in [3.05, 3.63) is 63.6 Å². The first-order valence-electron chi connectivity index (χ1n) is 9.44. The number of halogens is 2. The number of sulfonamides is 1. The third kappa shape index (κ3) is 6.35. The largest absolute Gasteiger partial charge is 0.357 e. The Morgan fingerprint density at radius 1 is 1.13 bits per heavy atom. The predicted octanol–water partition coefficient (Wildman–Crippen LogP) is 3.23. The average Bonchev–Trinajstić information content (AvgIpc) is 2.70. The lowest BCUT2D eigenvalue weighted by atomic mass is 10.1. The molecule has 0 aliphatic rings. The predicted molar refractivity (Wildman–Crippen MR) is 124 cm³/mol. The number of nitrogens with zero attached hydrogens (tertiary/aromatic N) is 2. The molecule has 0 saturated heterocycles. The van der Waals surface area contributed by atoms with E-state index < -0.39 is 28.5 Å². The van der Waals surface area contributed by atoms with E-state index >= 15 is 0 Å². The second-order valence-electron chi connectivity index (χ2n) is 7.10. The van der Waals surface area contributed by atoms with Gasteiger partial charge >= 0.3 is 0 Å². The molecule has 2 aromatic carbocycles. The number of hydrogen-bond acceptors (Lipinski definition) is 4. The van der Waals surface area contributed by atoms with Gasteiger partial charge in [-0.2, -0.15) is 0 Å². The van der Waals surface area contributed by atoms with Gasteiger partial charge in [-0.15, -0.1) is 0 Å². The lowest BCUT2D eigenvalue weighted by Crippen LogP contribution is -2.50. The molecule has 1 atom stereocenters. The van der Waals surface area contributed by atoms with Crippen LogP contribution in [0.3, 0.4) is 0 Å². The van der Waals surface area contributed by atoms with E-state index in [0.717, 1.165) is 10.6 Å². The molecule has 2 rings (SSSR count). The molecule has 0 saturated carbocycles. The number of aryl methyl sites for hydroxylation is 1. The summed E-state index contributed by atoms with van der Waals surface area (Å²) in [5.74, 6) is -0.926. The summed E-state index contributed by atoms with van der Waals surface area (Å²) < 4.78 is 26.1. The highest BCUT2D eigenvalue weighted by molar-refractivity contribution is 7.92. The van der Waals surface area contributed by atoms with Gasteiger partial charge in [-0.05, 0) is 49.2 Å². The van der Waals surface area contributed by atoms with E-state index in [1.165, 1.54) is 11.9 Å². The number of likely N-dealkylation sites (N-methyl/N-ethyl adjacent to an activating group) is 1. The van der Waals surface area contributed by atoms with Crippen LogP contribution in [0, 0.1) is 6.92 Å². The van der Waals surface area contributed by atoms with Gasteiger partial charge in [-0.1, -0.05) is 41.4 Å². The van der Waals surface area contributed by atoms with Gasteiger partial charge in [0.15, 0.2) is 0 Å². The molecule has 0 aliphatic carbocycles. The van der Waals surface area contributed by atoms with Crippen molar-refractivity contribution >= 4 is 50.7 Å². The van der Waals surface area contributed by atoms with Crippen molar-refractivity contribution in [1.29, 1.82) is 0 Å². The molecule has 0 aliphatic heterocycles. The minimum absolute atomic E-state index is 0.0459. The second-order valence-corrected chi connectivity index (χ2v) is 9.85. The second kappa shape index (κ2) is 10.3. The molecule has 10 heteroatoms. The lowest BCUT2D eigenvalue weighted by Gasteiger charge is -2.31. The minimum atomic E-state index is -3.80. The summed E-state index contributed by atoms with van der Waals surface area (Å²) in [6.45, 7) is 2.85. The van der Waals surface area contributed by atoms with Gasteiger partial charge in [0.05, 0.1) is 11.9 Å². The molecule has 2 aromatic rings. The van der Waals surface area contributed by atoms with Crippen molar-refractivity contribution in [3.8, 4) is 0 Å². The number of carbonyl (C=O) groups is 2. The number of carbonyl (C=O) groups excluding carboxylic acids is 2. The number of benzene rings is 2. The molecule has 7 nitrogen and oxygen atoms in total. The van der Waals surface area contributed by atoms with Crippen LogP contribution in [-0.4, -0.2) is 51.0 Å². The van der Waals surface area contributed by atoms with E-state index in [1.54, 1.807) is 56.3 Å². The van der Waals surface area contributed by atoms with Gasteiger partial charge in [0.1, 0.15) is 12.6 Å². The normalized spacial score (nSPS) is 12.2. The van der Waals surface area contributed by atoms with Crippen molar-refractivity contribution in [2.75, 3.05) is 24.2 Å². The molecular formula is C21H25Cl2N3O4S. The van der Waals surface area contributed by atoms with Crippen molar-refractivity contribution < 1.29 is 18.0 Å². The van der Waals surface area contributed by atoms with Gasteiger partial charge < -0.3 is 10.2 Å². The number of hydrogen-bond donors (Lipinski definition) is 1. The molecule has 168 valence electrons. The summed E-state index contributed by atoms with van der Waals surface area (Å²) >= 11 is 12.2. The molecule has 0 radical (unpaired) electrons. The number of anilines is 1. The third-order valence-electron chi connectivity index (χ3n) is 4.82. The van der Waals surface area contributed by atoms with E-state index in [0.29, 0.717) is 26.9 Å². The Morgan fingerprint density at radius 2 is 1.77 bits per heavy atom. The highest BCUT2D eigenvalue weighted by atomic mass is 35.5. The zero-order valence-electron chi connectivity index (χ0n) is 17.7. The lowest BCUT2D eigenvalue weighted by molar-refractivity contribution is -0.139. The highest BCUT2D eigenvalue weighted by Crippen LogP contribution is 2.26. The zero-order valence-corrected chi connectivity index (χ0v) is 20.1. The summed E-state index contributed by atoms with van der Waals surface area (Å²) in [5, 5.41) is 3.41.